The maximum absolute atomic E-state index is 14.8. The lowest BCUT2D eigenvalue weighted by molar-refractivity contribution is -0.133. The number of halogens is 3. The zero-order valence-corrected chi connectivity index (χ0v) is 16.7. The number of imide groups is 1. The highest BCUT2D eigenvalue weighted by Crippen LogP contribution is 2.40. The number of piperidine rings is 3. The standard InChI is InChI=1S/C21H27F3N4O2/c22-16-11-14(26-17-2-4-19(29)27-20(17)30)1-3-18(16)28-9-6-13(7-10-28)15-5-8-25-12-21(15,23)24/h1,3,11,13,15,17,25-26H,2,4-10,12H2,(H,27,29,30). The maximum atomic E-state index is 14.8. The van der Waals surface area contributed by atoms with E-state index in [2.05, 4.69) is 16.0 Å². The van der Waals surface area contributed by atoms with Crippen LogP contribution in [0, 0.1) is 17.7 Å². The van der Waals surface area contributed by atoms with Crippen molar-refractivity contribution in [2.24, 2.45) is 11.8 Å². The molecule has 9 heteroatoms. The molecule has 4 rings (SSSR count). The molecule has 0 bridgehead atoms. The summed E-state index contributed by atoms with van der Waals surface area (Å²) in [6.07, 6.45) is 2.33. The molecule has 1 aromatic rings. The molecule has 3 fully saturated rings. The molecular formula is C21H27F3N4O2. The van der Waals surface area contributed by atoms with Crippen LogP contribution in [0.5, 0.6) is 0 Å². The van der Waals surface area contributed by atoms with Gasteiger partial charge in [0.05, 0.1) is 12.2 Å². The molecule has 6 nitrogen and oxygen atoms in total. The molecule has 2 amide bonds. The number of carbonyl (C=O) groups excluding carboxylic acids is 2. The van der Waals surface area contributed by atoms with Crippen molar-refractivity contribution in [3.8, 4) is 0 Å². The highest BCUT2D eigenvalue weighted by molar-refractivity contribution is 6.01. The Kier molecular flexibility index (Phi) is 5.90. The van der Waals surface area contributed by atoms with Gasteiger partial charge in [-0.15, -0.1) is 0 Å². The molecule has 3 N–H and O–H groups in total. The van der Waals surface area contributed by atoms with Gasteiger partial charge in [-0.1, -0.05) is 0 Å². The molecule has 30 heavy (non-hydrogen) atoms. The molecule has 0 aromatic heterocycles. The zero-order chi connectivity index (χ0) is 21.3. The minimum Gasteiger partial charge on any atom is -0.374 e. The molecule has 3 saturated heterocycles. The number of rotatable bonds is 4. The van der Waals surface area contributed by atoms with E-state index in [1.165, 1.54) is 6.07 Å². The number of hydrogen-bond donors (Lipinski definition) is 3. The van der Waals surface area contributed by atoms with E-state index in [-0.39, 0.29) is 24.8 Å². The van der Waals surface area contributed by atoms with Gasteiger partial charge >= 0.3 is 0 Å². The second-order valence-electron chi connectivity index (χ2n) is 8.47. The molecule has 0 spiro atoms. The molecule has 0 radical (unpaired) electrons. The summed E-state index contributed by atoms with van der Waals surface area (Å²) in [6.45, 7) is 1.45. The van der Waals surface area contributed by atoms with Gasteiger partial charge in [0, 0.05) is 31.1 Å². The largest absolute Gasteiger partial charge is 0.374 e. The van der Waals surface area contributed by atoms with E-state index in [4.69, 9.17) is 0 Å². The third-order valence-corrected chi connectivity index (χ3v) is 6.51. The lowest BCUT2D eigenvalue weighted by Gasteiger charge is -2.42. The van der Waals surface area contributed by atoms with Crippen LogP contribution in [0.15, 0.2) is 18.2 Å². The molecule has 3 heterocycles. The van der Waals surface area contributed by atoms with Crippen LogP contribution in [0.3, 0.4) is 0 Å². The van der Waals surface area contributed by atoms with E-state index in [9.17, 15) is 22.8 Å². The van der Waals surface area contributed by atoms with Crippen molar-refractivity contribution in [1.29, 1.82) is 0 Å². The van der Waals surface area contributed by atoms with Crippen LogP contribution in [0.4, 0.5) is 24.5 Å². The van der Waals surface area contributed by atoms with E-state index < -0.39 is 29.6 Å². The quantitative estimate of drug-likeness (QED) is 0.648. The molecule has 0 saturated carbocycles. The highest BCUT2D eigenvalue weighted by atomic mass is 19.3. The van der Waals surface area contributed by atoms with Gasteiger partial charge in [-0.25, -0.2) is 13.2 Å². The van der Waals surface area contributed by atoms with Gasteiger partial charge in [0.15, 0.2) is 0 Å². The second kappa shape index (κ2) is 8.45. The molecular weight excluding hydrogens is 397 g/mol. The Balaban J connectivity index is 1.36. The van der Waals surface area contributed by atoms with Crippen molar-refractivity contribution in [3.05, 3.63) is 24.0 Å². The lowest BCUT2D eigenvalue weighted by Crippen LogP contribution is -2.50. The SMILES string of the molecule is O=C1CCC(Nc2ccc(N3CCC(C4CCNCC4(F)F)CC3)c(F)c2)C(=O)N1. The number of carbonyl (C=O) groups is 2. The number of anilines is 2. The van der Waals surface area contributed by atoms with Crippen LogP contribution in [-0.2, 0) is 9.59 Å². The Labute approximate surface area is 173 Å². The summed E-state index contributed by atoms with van der Waals surface area (Å²) in [5.74, 6) is -4.46. The summed E-state index contributed by atoms with van der Waals surface area (Å²) >= 11 is 0. The second-order valence-corrected chi connectivity index (χ2v) is 8.47. The van der Waals surface area contributed by atoms with Crippen molar-refractivity contribution in [1.82, 2.24) is 10.6 Å². The fourth-order valence-electron chi connectivity index (χ4n) is 4.86. The molecule has 3 aliphatic rings. The first kappa shape index (κ1) is 21.0. The number of hydrogen-bond acceptors (Lipinski definition) is 5. The van der Waals surface area contributed by atoms with E-state index >= 15 is 0 Å². The summed E-state index contributed by atoms with van der Waals surface area (Å²) < 4.78 is 43.2. The van der Waals surface area contributed by atoms with Gasteiger partial charge in [-0.3, -0.25) is 14.9 Å². The summed E-state index contributed by atoms with van der Waals surface area (Å²) in [5, 5.41) is 8.00. The summed E-state index contributed by atoms with van der Waals surface area (Å²) in [5.41, 5.74) is 0.911. The minimum atomic E-state index is -2.68. The fraction of sp³-hybridized carbons (Fsp3) is 0.619. The van der Waals surface area contributed by atoms with E-state index in [1.54, 1.807) is 12.1 Å². The third-order valence-electron chi connectivity index (χ3n) is 6.51. The third kappa shape index (κ3) is 4.40. The average molecular weight is 424 g/mol. The highest BCUT2D eigenvalue weighted by Gasteiger charge is 2.46. The first-order chi connectivity index (χ1) is 14.3. The Bertz CT molecular complexity index is 811. The van der Waals surface area contributed by atoms with Crippen LogP contribution >= 0.6 is 0 Å². The van der Waals surface area contributed by atoms with Crippen molar-refractivity contribution in [2.45, 2.75) is 44.1 Å². The van der Waals surface area contributed by atoms with Crippen molar-refractivity contribution < 1.29 is 22.8 Å². The first-order valence-corrected chi connectivity index (χ1v) is 10.6. The lowest BCUT2D eigenvalue weighted by atomic mass is 9.77. The van der Waals surface area contributed by atoms with E-state index in [0.717, 1.165) is 0 Å². The maximum Gasteiger partial charge on any atom is 0.263 e. The topological polar surface area (TPSA) is 73.5 Å². The predicted octanol–water partition coefficient (Wildman–Crippen LogP) is 2.50. The number of nitrogens with zero attached hydrogens (tertiary/aromatic N) is 1. The number of alkyl halides is 2. The van der Waals surface area contributed by atoms with Gasteiger partial charge in [-0.05, 0) is 56.3 Å². The average Bonchev–Trinajstić information content (AvgIpc) is 2.70. The van der Waals surface area contributed by atoms with Crippen LogP contribution in [0.1, 0.15) is 32.1 Å². The van der Waals surface area contributed by atoms with Crippen LogP contribution < -0.4 is 20.9 Å². The molecule has 164 valence electrons. The number of benzene rings is 1. The van der Waals surface area contributed by atoms with Crippen LogP contribution in [-0.4, -0.2) is 50.0 Å². The van der Waals surface area contributed by atoms with Gasteiger partial charge in [0.2, 0.25) is 11.8 Å². The molecule has 0 aliphatic carbocycles. The molecule has 1 aromatic carbocycles. The smallest absolute Gasteiger partial charge is 0.263 e. The summed E-state index contributed by atoms with van der Waals surface area (Å²) in [7, 11) is 0. The Hall–Kier alpha value is -2.29. The van der Waals surface area contributed by atoms with Gasteiger partial charge < -0.3 is 15.5 Å². The van der Waals surface area contributed by atoms with Crippen molar-refractivity contribution in [3.63, 3.8) is 0 Å². The Morgan fingerprint density at radius 2 is 1.87 bits per heavy atom. The first-order valence-electron chi connectivity index (χ1n) is 10.6. The predicted molar refractivity (Wildman–Crippen MR) is 107 cm³/mol. The van der Waals surface area contributed by atoms with Gasteiger partial charge in [0.25, 0.3) is 5.92 Å². The molecule has 3 aliphatic heterocycles. The summed E-state index contributed by atoms with van der Waals surface area (Å²) in [6, 6.07) is 4.12. The number of amides is 2. The van der Waals surface area contributed by atoms with Gasteiger partial charge in [-0.2, -0.15) is 0 Å². The van der Waals surface area contributed by atoms with Crippen LogP contribution in [0.25, 0.3) is 0 Å². The Morgan fingerprint density at radius 1 is 1.10 bits per heavy atom. The van der Waals surface area contributed by atoms with E-state index in [0.29, 0.717) is 56.7 Å². The number of nitrogens with one attached hydrogen (secondary N) is 3. The Morgan fingerprint density at radius 3 is 2.53 bits per heavy atom. The monoisotopic (exact) mass is 424 g/mol. The minimum absolute atomic E-state index is 0.0464. The van der Waals surface area contributed by atoms with Crippen molar-refractivity contribution >= 4 is 23.2 Å². The van der Waals surface area contributed by atoms with Gasteiger partial charge in [0.1, 0.15) is 11.9 Å². The van der Waals surface area contributed by atoms with E-state index in [1.807, 2.05) is 4.90 Å². The van der Waals surface area contributed by atoms with Crippen molar-refractivity contribution in [2.75, 3.05) is 36.4 Å². The zero-order valence-electron chi connectivity index (χ0n) is 16.7. The molecule has 2 atom stereocenters. The molecule has 2 unspecified atom stereocenters. The van der Waals surface area contributed by atoms with Crippen LogP contribution in [0.2, 0.25) is 0 Å². The normalized spacial score (nSPS) is 27.6. The fourth-order valence-corrected chi connectivity index (χ4v) is 4.86. The summed E-state index contributed by atoms with van der Waals surface area (Å²) in [4.78, 5) is 25.0.